The van der Waals surface area contributed by atoms with Gasteiger partial charge in [0, 0.05) is 17.7 Å². The molecular weight excluding hydrogens is 254 g/mol. The van der Waals surface area contributed by atoms with Gasteiger partial charge in [-0.3, -0.25) is 4.79 Å². The number of methoxy groups -OCH3 is 2. The molecule has 108 valence electrons. The summed E-state index contributed by atoms with van der Waals surface area (Å²) in [5, 5.41) is 3.04. The molecule has 1 aromatic rings. The summed E-state index contributed by atoms with van der Waals surface area (Å²) in [4.78, 5) is 12.3. The monoisotopic (exact) mass is 275 g/mol. The summed E-state index contributed by atoms with van der Waals surface area (Å²) in [6, 6.07) is 3.72. The molecule has 0 radical (unpaired) electrons. The minimum atomic E-state index is 0.146. The van der Waals surface area contributed by atoms with E-state index in [1.165, 1.54) is 6.42 Å². The maximum atomic E-state index is 12.3. The van der Waals surface area contributed by atoms with Gasteiger partial charge in [-0.05, 0) is 49.7 Å². The van der Waals surface area contributed by atoms with Gasteiger partial charge in [0.1, 0.15) is 0 Å². The van der Waals surface area contributed by atoms with Gasteiger partial charge in [-0.1, -0.05) is 0 Å². The van der Waals surface area contributed by atoms with E-state index in [0.29, 0.717) is 11.5 Å². The molecule has 2 aliphatic rings. The van der Waals surface area contributed by atoms with E-state index in [-0.39, 0.29) is 11.8 Å². The summed E-state index contributed by atoms with van der Waals surface area (Å²) in [5.74, 6) is 3.29. The van der Waals surface area contributed by atoms with Crippen molar-refractivity contribution in [2.45, 2.75) is 26.2 Å². The molecule has 0 aromatic heterocycles. The van der Waals surface area contributed by atoms with Crippen molar-refractivity contribution in [3.8, 4) is 11.5 Å². The topological polar surface area (TPSA) is 47.6 Å². The van der Waals surface area contributed by atoms with Gasteiger partial charge in [-0.25, -0.2) is 0 Å². The van der Waals surface area contributed by atoms with Crippen molar-refractivity contribution in [1.82, 2.24) is 0 Å². The van der Waals surface area contributed by atoms with Crippen molar-refractivity contribution in [3.05, 3.63) is 17.7 Å². The van der Waals surface area contributed by atoms with Gasteiger partial charge in [-0.2, -0.15) is 0 Å². The number of ether oxygens (including phenoxy) is 2. The number of hydrogen-bond acceptors (Lipinski definition) is 3. The van der Waals surface area contributed by atoms with E-state index in [1.807, 2.05) is 19.1 Å². The summed E-state index contributed by atoms with van der Waals surface area (Å²) in [7, 11) is 3.21. The number of aryl methyl sites for hydroxylation is 1. The lowest BCUT2D eigenvalue weighted by atomic mass is 10.0. The van der Waals surface area contributed by atoms with Crippen LogP contribution >= 0.6 is 0 Å². The Morgan fingerprint density at radius 2 is 1.70 bits per heavy atom. The van der Waals surface area contributed by atoms with E-state index >= 15 is 0 Å². The minimum absolute atomic E-state index is 0.146. The molecule has 0 saturated heterocycles. The molecule has 2 fully saturated rings. The fraction of sp³-hybridized carbons (Fsp3) is 0.562. The molecule has 2 saturated carbocycles. The third-order valence-corrected chi connectivity index (χ3v) is 4.60. The van der Waals surface area contributed by atoms with Gasteiger partial charge < -0.3 is 14.8 Å². The van der Waals surface area contributed by atoms with Crippen molar-refractivity contribution < 1.29 is 14.3 Å². The standard InChI is InChI=1S/C16H21NO3/c1-9-4-14(19-2)15(20-3)8-13(9)17-16(18)12-6-10-5-11(10)7-12/h4,8,10-12H,5-7H2,1-3H3,(H,17,18). The highest BCUT2D eigenvalue weighted by Gasteiger charge is 2.48. The molecule has 2 unspecified atom stereocenters. The van der Waals surface area contributed by atoms with Gasteiger partial charge in [0.05, 0.1) is 14.2 Å². The Labute approximate surface area is 119 Å². The molecule has 1 aromatic carbocycles. The number of benzene rings is 1. The van der Waals surface area contributed by atoms with Crippen LogP contribution in [0.2, 0.25) is 0 Å². The third kappa shape index (κ3) is 2.35. The number of rotatable bonds is 4. The highest BCUT2D eigenvalue weighted by Crippen LogP contribution is 2.54. The first kappa shape index (κ1) is 13.3. The Morgan fingerprint density at radius 3 is 2.30 bits per heavy atom. The molecule has 4 heteroatoms. The smallest absolute Gasteiger partial charge is 0.227 e. The lowest BCUT2D eigenvalue weighted by molar-refractivity contribution is -0.120. The molecule has 0 aliphatic heterocycles. The van der Waals surface area contributed by atoms with Crippen molar-refractivity contribution in [2.24, 2.45) is 17.8 Å². The highest BCUT2D eigenvalue weighted by atomic mass is 16.5. The summed E-state index contributed by atoms with van der Waals surface area (Å²) >= 11 is 0. The van der Waals surface area contributed by atoms with Crippen LogP contribution in [0.4, 0.5) is 5.69 Å². The molecule has 0 spiro atoms. The van der Waals surface area contributed by atoms with Crippen molar-refractivity contribution in [2.75, 3.05) is 19.5 Å². The lowest BCUT2D eigenvalue weighted by Gasteiger charge is -2.16. The zero-order valence-electron chi connectivity index (χ0n) is 12.2. The zero-order chi connectivity index (χ0) is 14.3. The number of amides is 1. The van der Waals surface area contributed by atoms with Crippen LogP contribution in [-0.2, 0) is 4.79 Å². The Kier molecular flexibility index (Phi) is 3.32. The second kappa shape index (κ2) is 5.00. The van der Waals surface area contributed by atoms with Crippen LogP contribution in [-0.4, -0.2) is 20.1 Å². The molecule has 4 nitrogen and oxygen atoms in total. The Morgan fingerprint density at radius 1 is 1.10 bits per heavy atom. The maximum absolute atomic E-state index is 12.3. The maximum Gasteiger partial charge on any atom is 0.227 e. The van der Waals surface area contributed by atoms with Gasteiger partial charge >= 0.3 is 0 Å². The van der Waals surface area contributed by atoms with Crippen LogP contribution in [0, 0.1) is 24.7 Å². The molecule has 20 heavy (non-hydrogen) atoms. The minimum Gasteiger partial charge on any atom is -0.493 e. The fourth-order valence-electron chi connectivity index (χ4n) is 3.28. The predicted molar refractivity (Wildman–Crippen MR) is 77.2 cm³/mol. The quantitative estimate of drug-likeness (QED) is 0.919. The van der Waals surface area contributed by atoms with E-state index in [0.717, 1.165) is 35.9 Å². The summed E-state index contributed by atoms with van der Waals surface area (Å²) < 4.78 is 10.5. The number of hydrogen-bond donors (Lipinski definition) is 1. The van der Waals surface area contributed by atoms with Gasteiger partial charge in [0.25, 0.3) is 0 Å². The number of anilines is 1. The molecule has 0 heterocycles. The van der Waals surface area contributed by atoms with Crippen LogP contribution in [0.1, 0.15) is 24.8 Å². The van der Waals surface area contributed by atoms with Crippen molar-refractivity contribution >= 4 is 11.6 Å². The summed E-state index contributed by atoms with van der Waals surface area (Å²) in [6.45, 7) is 1.96. The molecule has 2 atom stereocenters. The molecular formula is C16H21NO3. The number of carbonyl (C=O) groups is 1. The SMILES string of the molecule is COc1cc(C)c(NC(=O)C2CC3CC3C2)cc1OC. The Bertz CT molecular complexity index is 531. The second-order valence-electron chi connectivity index (χ2n) is 5.94. The average molecular weight is 275 g/mol. The first-order chi connectivity index (χ1) is 9.62. The van der Waals surface area contributed by atoms with Crippen LogP contribution in [0.25, 0.3) is 0 Å². The van der Waals surface area contributed by atoms with Crippen LogP contribution in [0.15, 0.2) is 12.1 Å². The van der Waals surface area contributed by atoms with Gasteiger partial charge in [0.15, 0.2) is 11.5 Å². The van der Waals surface area contributed by atoms with Crippen LogP contribution in [0.3, 0.4) is 0 Å². The fourth-order valence-corrected chi connectivity index (χ4v) is 3.28. The average Bonchev–Trinajstić information content (AvgIpc) is 3.06. The molecule has 3 rings (SSSR count). The second-order valence-corrected chi connectivity index (χ2v) is 5.94. The normalized spacial score (nSPS) is 26.9. The largest absolute Gasteiger partial charge is 0.493 e. The first-order valence-electron chi connectivity index (χ1n) is 7.16. The van der Waals surface area contributed by atoms with Gasteiger partial charge in [-0.15, -0.1) is 0 Å². The number of nitrogens with one attached hydrogen (secondary N) is 1. The molecule has 2 aliphatic carbocycles. The summed E-state index contributed by atoms with van der Waals surface area (Å²) in [5.41, 5.74) is 1.80. The van der Waals surface area contributed by atoms with Crippen LogP contribution < -0.4 is 14.8 Å². The van der Waals surface area contributed by atoms with E-state index in [4.69, 9.17) is 9.47 Å². The van der Waals surface area contributed by atoms with Gasteiger partial charge in [0.2, 0.25) is 5.91 Å². The lowest BCUT2D eigenvalue weighted by Crippen LogP contribution is -2.22. The van der Waals surface area contributed by atoms with Crippen molar-refractivity contribution in [3.63, 3.8) is 0 Å². The first-order valence-corrected chi connectivity index (χ1v) is 7.16. The Balaban J connectivity index is 1.74. The highest BCUT2D eigenvalue weighted by molar-refractivity contribution is 5.94. The number of fused-ring (bicyclic) bond motifs is 1. The van der Waals surface area contributed by atoms with E-state index in [2.05, 4.69) is 5.32 Å². The van der Waals surface area contributed by atoms with E-state index < -0.39 is 0 Å². The Hall–Kier alpha value is -1.71. The number of carbonyl (C=O) groups excluding carboxylic acids is 1. The molecule has 1 N–H and O–H groups in total. The predicted octanol–water partition coefficient (Wildman–Crippen LogP) is 3.00. The van der Waals surface area contributed by atoms with E-state index in [1.54, 1.807) is 14.2 Å². The molecule has 1 amide bonds. The van der Waals surface area contributed by atoms with Crippen molar-refractivity contribution in [1.29, 1.82) is 0 Å². The third-order valence-electron chi connectivity index (χ3n) is 4.60. The zero-order valence-corrected chi connectivity index (χ0v) is 12.2. The molecule has 0 bridgehead atoms. The van der Waals surface area contributed by atoms with E-state index in [9.17, 15) is 4.79 Å². The summed E-state index contributed by atoms with van der Waals surface area (Å²) in [6.07, 6.45) is 3.45. The van der Waals surface area contributed by atoms with Crippen LogP contribution in [0.5, 0.6) is 11.5 Å².